The second-order valence-corrected chi connectivity index (χ2v) is 6.16. The van der Waals surface area contributed by atoms with Gasteiger partial charge in [0.05, 0.1) is 13.7 Å². The maximum Gasteiger partial charge on any atom is 0.263 e. The second kappa shape index (κ2) is 7.31. The van der Waals surface area contributed by atoms with Gasteiger partial charge >= 0.3 is 0 Å². The van der Waals surface area contributed by atoms with E-state index in [0.717, 1.165) is 5.75 Å². The molecule has 4 nitrogen and oxygen atoms in total. The zero-order valence-electron chi connectivity index (χ0n) is 13.3. The zero-order valence-corrected chi connectivity index (χ0v) is 14.1. The lowest BCUT2D eigenvalue weighted by molar-refractivity contribution is -0.137. The van der Waals surface area contributed by atoms with Crippen LogP contribution in [-0.2, 0) is 11.3 Å². The Balaban J connectivity index is 1.94. The average Bonchev–Trinajstić information content (AvgIpc) is 2.92. The molecule has 0 spiro atoms. The lowest BCUT2D eigenvalue weighted by Gasteiger charge is -2.22. The Kier molecular flexibility index (Phi) is 5.44. The van der Waals surface area contributed by atoms with Crippen molar-refractivity contribution >= 4 is 17.2 Å². The summed E-state index contributed by atoms with van der Waals surface area (Å²) in [4.78, 5) is 15.3. The van der Waals surface area contributed by atoms with Gasteiger partial charge in [0.15, 0.2) is 6.10 Å². The Morgan fingerprint density at radius 1 is 1.23 bits per heavy atom. The summed E-state index contributed by atoms with van der Waals surface area (Å²) < 4.78 is 10.8. The predicted molar refractivity (Wildman–Crippen MR) is 88.6 cm³/mol. The highest BCUT2D eigenvalue weighted by Crippen LogP contribution is 2.20. The van der Waals surface area contributed by atoms with Crippen LogP contribution in [-0.4, -0.2) is 31.1 Å². The molecular weight excluding hydrogens is 298 g/mol. The van der Waals surface area contributed by atoms with E-state index < -0.39 is 6.10 Å². The number of amides is 1. The topological polar surface area (TPSA) is 38.8 Å². The van der Waals surface area contributed by atoms with Crippen LogP contribution < -0.4 is 9.47 Å². The number of hydrogen-bond acceptors (Lipinski definition) is 4. The van der Waals surface area contributed by atoms with E-state index in [4.69, 9.17) is 9.47 Å². The molecule has 0 saturated carbocycles. The SMILES string of the molecule is COc1ccc(OC(C)C(=O)N(C)Cc2sccc2C)cc1. The molecule has 1 heterocycles. The lowest BCUT2D eigenvalue weighted by Crippen LogP contribution is -2.37. The summed E-state index contributed by atoms with van der Waals surface area (Å²) in [7, 11) is 3.42. The minimum atomic E-state index is -0.529. The molecule has 1 aromatic heterocycles. The molecule has 0 radical (unpaired) electrons. The Hall–Kier alpha value is -2.01. The van der Waals surface area contributed by atoms with Crippen molar-refractivity contribution < 1.29 is 14.3 Å². The van der Waals surface area contributed by atoms with E-state index in [9.17, 15) is 4.79 Å². The summed E-state index contributed by atoms with van der Waals surface area (Å²) in [5.41, 5.74) is 1.22. The maximum absolute atomic E-state index is 12.4. The fraction of sp³-hybridized carbons (Fsp3) is 0.353. The number of thiophene rings is 1. The molecule has 1 aromatic carbocycles. The predicted octanol–water partition coefficient (Wildman–Crippen LogP) is 3.49. The third kappa shape index (κ3) is 4.01. The molecule has 0 aliphatic carbocycles. The molecule has 118 valence electrons. The van der Waals surface area contributed by atoms with E-state index in [1.807, 2.05) is 17.5 Å². The van der Waals surface area contributed by atoms with E-state index in [1.165, 1.54) is 10.4 Å². The number of methoxy groups -OCH3 is 1. The van der Waals surface area contributed by atoms with Crippen molar-refractivity contribution in [3.63, 3.8) is 0 Å². The van der Waals surface area contributed by atoms with Gasteiger partial charge in [-0.1, -0.05) is 0 Å². The summed E-state index contributed by atoms with van der Waals surface area (Å²) in [5, 5.41) is 2.04. The van der Waals surface area contributed by atoms with Crippen LogP contribution in [0.5, 0.6) is 11.5 Å². The van der Waals surface area contributed by atoms with Crippen LogP contribution in [0.25, 0.3) is 0 Å². The van der Waals surface area contributed by atoms with Gasteiger partial charge in [-0.05, 0) is 55.1 Å². The van der Waals surface area contributed by atoms with Gasteiger partial charge in [-0.15, -0.1) is 11.3 Å². The fourth-order valence-electron chi connectivity index (χ4n) is 2.08. The number of nitrogens with zero attached hydrogens (tertiary/aromatic N) is 1. The molecule has 1 atom stereocenters. The smallest absolute Gasteiger partial charge is 0.263 e. The highest BCUT2D eigenvalue weighted by atomic mass is 32.1. The van der Waals surface area contributed by atoms with Crippen molar-refractivity contribution in [3.05, 3.63) is 46.2 Å². The van der Waals surface area contributed by atoms with Gasteiger partial charge in [-0.3, -0.25) is 4.79 Å². The third-order valence-electron chi connectivity index (χ3n) is 3.45. The normalized spacial score (nSPS) is 11.8. The molecular formula is C17H21NO3S. The van der Waals surface area contributed by atoms with Gasteiger partial charge in [0.25, 0.3) is 5.91 Å². The Labute approximate surface area is 135 Å². The molecule has 0 bridgehead atoms. The number of benzene rings is 1. The van der Waals surface area contributed by atoms with Crippen LogP contribution in [0.1, 0.15) is 17.4 Å². The molecule has 2 rings (SSSR count). The van der Waals surface area contributed by atoms with Crippen molar-refractivity contribution in [1.29, 1.82) is 0 Å². The summed E-state index contributed by atoms with van der Waals surface area (Å²) >= 11 is 1.67. The minimum Gasteiger partial charge on any atom is -0.497 e. The highest BCUT2D eigenvalue weighted by molar-refractivity contribution is 7.10. The number of hydrogen-bond donors (Lipinski definition) is 0. The first-order valence-electron chi connectivity index (χ1n) is 7.10. The molecule has 0 fully saturated rings. The number of aryl methyl sites for hydroxylation is 1. The fourth-order valence-corrected chi connectivity index (χ4v) is 3.04. The summed E-state index contributed by atoms with van der Waals surface area (Å²) in [6.45, 7) is 4.43. The third-order valence-corrected chi connectivity index (χ3v) is 4.45. The van der Waals surface area contributed by atoms with Crippen molar-refractivity contribution in [2.24, 2.45) is 0 Å². The molecule has 5 heteroatoms. The first kappa shape index (κ1) is 16.4. The Morgan fingerprint density at radius 2 is 1.86 bits per heavy atom. The monoisotopic (exact) mass is 319 g/mol. The first-order valence-corrected chi connectivity index (χ1v) is 7.98. The van der Waals surface area contributed by atoms with Crippen LogP contribution >= 0.6 is 11.3 Å². The van der Waals surface area contributed by atoms with E-state index in [1.54, 1.807) is 49.5 Å². The Morgan fingerprint density at radius 3 is 2.41 bits per heavy atom. The van der Waals surface area contributed by atoms with E-state index in [-0.39, 0.29) is 5.91 Å². The Bertz CT molecular complexity index is 621. The van der Waals surface area contributed by atoms with Crippen LogP contribution in [0, 0.1) is 6.92 Å². The first-order chi connectivity index (χ1) is 10.5. The summed E-state index contributed by atoms with van der Waals surface area (Å²) in [5.74, 6) is 1.38. The van der Waals surface area contributed by atoms with Crippen LogP contribution in [0.3, 0.4) is 0 Å². The largest absolute Gasteiger partial charge is 0.497 e. The molecule has 1 amide bonds. The van der Waals surface area contributed by atoms with E-state index in [0.29, 0.717) is 12.3 Å². The van der Waals surface area contributed by atoms with Gasteiger partial charge < -0.3 is 14.4 Å². The van der Waals surface area contributed by atoms with Crippen molar-refractivity contribution in [2.75, 3.05) is 14.2 Å². The van der Waals surface area contributed by atoms with Crippen LogP contribution in [0.2, 0.25) is 0 Å². The van der Waals surface area contributed by atoms with Gasteiger partial charge in [0, 0.05) is 11.9 Å². The summed E-state index contributed by atoms with van der Waals surface area (Å²) in [6.07, 6.45) is -0.529. The number of carbonyl (C=O) groups is 1. The average molecular weight is 319 g/mol. The minimum absolute atomic E-state index is 0.0383. The lowest BCUT2D eigenvalue weighted by atomic mass is 10.2. The molecule has 0 saturated heterocycles. The molecule has 22 heavy (non-hydrogen) atoms. The molecule has 0 aliphatic heterocycles. The molecule has 0 N–H and O–H groups in total. The number of rotatable bonds is 6. The highest BCUT2D eigenvalue weighted by Gasteiger charge is 2.20. The zero-order chi connectivity index (χ0) is 16.1. The maximum atomic E-state index is 12.4. The quantitative estimate of drug-likeness (QED) is 0.818. The number of ether oxygens (including phenoxy) is 2. The van der Waals surface area contributed by atoms with Gasteiger partial charge in [-0.2, -0.15) is 0 Å². The standard InChI is InChI=1S/C17H21NO3S/c1-12-9-10-22-16(12)11-18(3)17(19)13(2)21-15-7-5-14(20-4)6-8-15/h5-10,13H,11H2,1-4H3. The van der Waals surface area contributed by atoms with Gasteiger partial charge in [0.2, 0.25) is 0 Å². The van der Waals surface area contributed by atoms with Crippen LogP contribution in [0.15, 0.2) is 35.7 Å². The van der Waals surface area contributed by atoms with Crippen LogP contribution in [0.4, 0.5) is 0 Å². The van der Waals surface area contributed by atoms with E-state index in [2.05, 4.69) is 13.0 Å². The van der Waals surface area contributed by atoms with Crippen molar-refractivity contribution in [2.45, 2.75) is 26.5 Å². The molecule has 1 unspecified atom stereocenters. The molecule has 2 aromatic rings. The van der Waals surface area contributed by atoms with E-state index >= 15 is 0 Å². The number of likely N-dealkylation sites (N-methyl/N-ethyl adjacent to an activating group) is 1. The second-order valence-electron chi connectivity index (χ2n) is 5.16. The summed E-state index contributed by atoms with van der Waals surface area (Å²) in [6, 6.07) is 9.28. The van der Waals surface area contributed by atoms with Gasteiger partial charge in [-0.25, -0.2) is 0 Å². The number of carbonyl (C=O) groups excluding carboxylic acids is 1. The molecule has 0 aliphatic rings. The van der Waals surface area contributed by atoms with Crippen molar-refractivity contribution in [3.8, 4) is 11.5 Å². The van der Waals surface area contributed by atoms with Gasteiger partial charge in [0.1, 0.15) is 11.5 Å². The van der Waals surface area contributed by atoms with Crippen molar-refractivity contribution in [1.82, 2.24) is 4.90 Å².